The van der Waals surface area contributed by atoms with Gasteiger partial charge in [0.25, 0.3) is 5.91 Å². The monoisotopic (exact) mass is 571 g/mol. The van der Waals surface area contributed by atoms with Crippen LogP contribution in [0.2, 0.25) is 0 Å². The minimum absolute atomic E-state index is 0.0634. The zero-order valence-corrected chi connectivity index (χ0v) is 24.4. The Morgan fingerprint density at radius 1 is 0.854 bits per heavy atom. The third-order valence-electron chi connectivity index (χ3n) is 8.99. The third-order valence-corrected chi connectivity index (χ3v) is 10.7. The van der Waals surface area contributed by atoms with Crippen LogP contribution in [0.15, 0.2) is 72.8 Å². The number of aliphatic hydroxyl groups excluding tert-OH is 1. The summed E-state index contributed by atoms with van der Waals surface area (Å²) in [6.07, 6.45) is 10.3. The van der Waals surface area contributed by atoms with E-state index in [0.29, 0.717) is 32.5 Å². The van der Waals surface area contributed by atoms with E-state index in [2.05, 4.69) is 12.2 Å². The van der Waals surface area contributed by atoms with Gasteiger partial charge in [0.1, 0.15) is 6.04 Å². The number of anilines is 2. The second-order valence-corrected chi connectivity index (χ2v) is 12.9. The van der Waals surface area contributed by atoms with Gasteiger partial charge in [-0.15, -0.1) is 11.8 Å². The molecule has 0 radical (unpaired) electrons. The van der Waals surface area contributed by atoms with Crippen LogP contribution in [-0.4, -0.2) is 70.0 Å². The number of nitrogens with zero attached hydrogens (tertiary/aromatic N) is 3. The first-order valence-corrected chi connectivity index (χ1v) is 15.4. The minimum Gasteiger partial charge on any atom is -0.396 e. The van der Waals surface area contributed by atoms with Crippen molar-refractivity contribution in [2.75, 3.05) is 36.0 Å². The molecule has 6 rings (SSSR count). The smallest absolute Gasteiger partial charge is 0.251 e. The van der Waals surface area contributed by atoms with E-state index in [9.17, 15) is 19.5 Å². The van der Waals surface area contributed by atoms with Gasteiger partial charge in [0.2, 0.25) is 11.8 Å². The summed E-state index contributed by atoms with van der Waals surface area (Å²) in [6, 6.07) is 14.9. The lowest BCUT2D eigenvalue weighted by Crippen LogP contribution is -2.53. The molecule has 8 heteroatoms. The van der Waals surface area contributed by atoms with Crippen molar-refractivity contribution in [2.45, 2.75) is 49.1 Å². The van der Waals surface area contributed by atoms with Crippen LogP contribution in [0.4, 0.5) is 11.4 Å². The van der Waals surface area contributed by atoms with Gasteiger partial charge < -0.3 is 19.8 Å². The summed E-state index contributed by atoms with van der Waals surface area (Å²) in [6.45, 7) is 5.41. The number of aliphatic hydroxyl groups is 1. The van der Waals surface area contributed by atoms with Crippen LogP contribution in [0.3, 0.4) is 0 Å². The van der Waals surface area contributed by atoms with Gasteiger partial charge in [-0.2, -0.15) is 0 Å². The molecule has 3 amide bonds. The number of unbranched alkanes of at least 4 members (excludes halogenated alkanes) is 2. The molecule has 7 nitrogen and oxygen atoms in total. The van der Waals surface area contributed by atoms with Crippen molar-refractivity contribution in [1.29, 1.82) is 0 Å². The maximum Gasteiger partial charge on any atom is 0.251 e. The molecule has 2 aromatic rings. The number of carbonyl (C=O) groups is 3. The van der Waals surface area contributed by atoms with Crippen molar-refractivity contribution in [2.24, 2.45) is 11.8 Å². The Labute approximate surface area is 245 Å². The highest BCUT2D eigenvalue weighted by atomic mass is 32.2. The molecule has 1 N–H and O–H groups in total. The summed E-state index contributed by atoms with van der Waals surface area (Å²) >= 11 is 1.61. The molecule has 214 valence electrons. The van der Waals surface area contributed by atoms with Crippen LogP contribution < -0.4 is 9.80 Å². The van der Waals surface area contributed by atoms with E-state index in [1.807, 2.05) is 79.4 Å². The SMILES string of the molecule is Cc1cccc(C)c1N1CC=C[C@]23S[C@H]4C=CCN(c5ccccc5)C(=O)[C@H]4[C@H]2C(=O)N(CCCCCO)C3C1=O. The van der Waals surface area contributed by atoms with Crippen molar-refractivity contribution in [3.05, 3.63) is 84.0 Å². The van der Waals surface area contributed by atoms with Crippen molar-refractivity contribution >= 4 is 40.9 Å². The molecule has 4 aliphatic heterocycles. The van der Waals surface area contributed by atoms with Crippen LogP contribution in [0.25, 0.3) is 0 Å². The van der Waals surface area contributed by atoms with E-state index < -0.39 is 22.6 Å². The maximum absolute atomic E-state index is 14.7. The van der Waals surface area contributed by atoms with E-state index in [4.69, 9.17) is 0 Å². The van der Waals surface area contributed by atoms with Crippen LogP contribution in [0, 0.1) is 25.7 Å². The molecule has 4 heterocycles. The zero-order valence-electron chi connectivity index (χ0n) is 23.6. The number of likely N-dealkylation sites (tertiary alicyclic amines) is 1. The quantitative estimate of drug-likeness (QED) is 0.397. The van der Waals surface area contributed by atoms with Gasteiger partial charge in [-0.3, -0.25) is 14.4 Å². The molecule has 5 atom stereocenters. The van der Waals surface area contributed by atoms with Crippen molar-refractivity contribution < 1.29 is 19.5 Å². The van der Waals surface area contributed by atoms with Gasteiger partial charge >= 0.3 is 0 Å². The van der Waals surface area contributed by atoms with Crippen LogP contribution >= 0.6 is 11.8 Å². The summed E-state index contributed by atoms with van der Waals surface area (Å²) in [7, 11) is 0. The van der Waals surface area contributed by atoms with Gasteiger partial charge in [-0.05, 0) is 56.4 Å². The molecule has 4 aliphatic rings. The van der Waals surface area contributed by atoms with Crippen molar-refractivity contribution in [3.8, 4) is 0 Å². The Hall–Kier alpha value is -3.36. The first-order valence-electron chi connectivity index (χ1n) is 14.6. The zero-order chi connectivity index (χ0) is 28.7. The minimum atomic E-state index is -0.842. The first-order chi connectivity index (χ1) is 19.9. The van der Waals surface area contributed by atoms with E-state index in [-0.39, 0.29) is 29.6 Å². The summed E-state index contributed by atoms with van der Waals surface area (Å²) in [4.78, 5) is 48.8. The van der Waals surface area contributed by atoms with Gasteiger partial charge in [-0.1, -0.05) is 60.7 Å². The Bertz CT molecular complexity index is 1390. The Balaban J connectivity index is 1.43. The highest BCUT2D eigenvalue weighted by Gasteiger charge is 2.71. The summed E-state index contributed by atoms with van der Waals surface area (Å²) in [5, 5.41) is 9.12. The molecule has 1 unspecified atom stereocenters. The number of amides is 3. The van der Waals surface area contributed by atoms with E-state index in [0.717, 1.165) is 28.9 Å². The van der Waals surface area contributed by atoms with Crippen molar-refractivity contribution in [1.82, 2.24) is 4.90 Å². The number of hydrogen-bond acceptors (Lipinski definition) is 5. The van der Waals surface area contributed by atoms with E-state index in [1.54, 1.807) is 21.6 Å². The number of hydrogen-bond donors (Lipinski definition) is 1. The molecule has 41 heavy (non-hydrogen) atoms. The summed E-state index contributed by atoms with van der Waals surface area (Å²) in [5.74, 6) is -1.48. The fourth-order valence-electron chi connectivity index (χ4n) is 7.22. The highest BCUT2D eigenvalue weighted by Crippen LogP contribution is 2.61. The number of thioether (sulfide) groups is 1. The van der Waals surface area contributed by atoms with Gasteiger partial charge in [0.05, 0.1) is 16.6 Å². The molecule has 1 spiro atoms. The molecule has 2 fully saturated rings. The Kier molecular flexibility index (Phi) is 7.55. The maximum atomic E-state index is 14.7. The largest absolute Gasteiger partial charge is 0.396 e. The van der Waals surface area contributed by atoms with E-state index >= 15 is 0 Å². The predicted molar refractivity (Wildman–Crippen MR) is 163 cm³/mol. The lowest BCUT2D eigenvalue weighted by molar-refractivity contribution is -0.138. The van der Waals surface area contributed by atoms with Crippen molar-refractivity contribution in [3.63, 3.8) is 0 Å². The molecular weight excluding hydrogens is 534 g/mol. The number of carbonyl (C=O) groups excluding carboxylic acids is 3. The molecular formula is C33H37N3O4S. The van der Waals surface area contributed by atoms with Gasteiger partial charge in [-0.25, -0.2) is 0 Å². The average molecular weight is 572 g/mol. The molecule has 2 aromatic carbocycles. The lowest BCUT2D eigenvalue weighted by atomic mass is 9.78. The Morgan fingerprint density at radius 3 is 2.32 bits per heavy atom. The average Bonchev–Trinajstić information content (AvgIpc) is 3.27. The molecule has 0 aliphatic carbocycles. The molecule has 0 bridgehead atoms. The van der Waals surface area contributed by atoms with Crippen LogP contribution in [0.5, 0.6) is 0 Å². The van der Waals surface area contributed by atoms with E-state index in [1.165, 1.54) is 0 Å². The van der Waals surface area contributed by atoms with Crippen LogP contribution in [-0.2, 0) is 14.4 Å². The topological polar surface area (TPSA) is 81.2 Å². The number of para-hydroxylation sites is 2. The first kappa shape index (κ1) is 27.8. The molecule has 0 aromatic heterocycles. The van der Waals surface area contributed by atoms with Crippen LogP contribution in [0.1, 0.15) is 30.4 Å². The number of aryl methyl sites for hydroxylation is 2. The second-order valence-electron chi connectivity index (χ2n) is 11.5. The standard InChI is InChI=1S/C33H37N3O4S/c1-22-12-9-13-23(2)28(22)35-20-11-17-33-27(31(39)36(29(33)32(35)40)18-7-4-8-21-37)26-25(41-33)16-10-19-34(30(26)38)24-14-5-3-6-15-24/h3,5-6,9-17,25-27,29,37H,4,7-8,18-21H2,1-2H3/t25-,26+,27-,29?,33-/m0/s1. The summed E-state index contributed by atoms with van der Waals surface area (Å²) in [5.41, 5.74) is 3.72. The normalized spacial score (nSPS) is 29.0. The Morgan fingerprint density at radius 2 is 1.59 bits per heavy atom. The summed E-state index contributed by atoms with van der Waals surface area (Å²) < 4.78 is -0.842. The van der Waals surface area contributed by atoms with Gasteiger partial charge in [0, 0.05) is 42.9 Å². The number of rotatable bonds is 7. The molecule has 2 saturated heterocycles. The fraction of sp³-hybridized carbons (Fsp3) is 0.424. The predicted octanol–water partition coefficient (Wildman–Crippen LogP) is 4.27. The number of benzene rings is 2. The number of fused-ring (bicyclic) bond motifs is 2. The fourth-order valence-corrected chi connectivity index (χ4v) is 9.23. The lowest BCUT2D eigenvalue weighted by Gasteiger charge is -2.36. The van der Waals surface area contributed by atoms with Gasteiger partial charge in [0.15, 0.2) is 0 Å². The second kappa shape index (κ2) is 11.1. The highest BCUT2D eigenvalue weighted by molar-refractivity contribution is 8.02. The molecule has 0 saturated carbocycles. The third kappa shape index (κ3) is 4.52.